The number of halogens is 1. The first-order valence-electron chi connectivity index (χ1n) is 5.85. The fourth-order valence-electron chi connectivity index (χ4n) is 1.89. The third-order valence-corrected chi connectivity index (χ3v) is 11.0. The molecule has 0 spiro atoms. The molecular weight excluding hydrogens is 406 g/mol. The van der Waals surface area contributed by atoms with Gasteiger partial charge in [0.05, 0.1) is 0 Å². The van der Waals surface area contributed by atoms with Gasteiger partial charge < -0.3 is 0 Å². The van der Waals surface area contributed by atoms with Gasteiger partial charge in [0.25, 0.3) is 10.0 Å². The summed E-state index contributed by atoms with van der Waals surface area (Å²) in [5.41, 5.74) is 0. The van der Waals surface area contributed by atoms with Crippen molar-refractivity contribution in [3.63, 3.8) is 0 Å². The Kier molecular flexibility index (Phi) is 5.24. The molecule has 0 radical (unpaired) electrons. The van der Waals surface area contributed by atoms with Gasteiger partial charge >= 0.3 is 0 Å². The van der Waals surface area contributed by atoms with E-state index in [1.807, 2.05) is 0 Å². The highest BCUT2D eigenvalue weighted by atomic mass is 79.9. The summed E-state index contributed by atoms with van der Waals surface area (Å²) in [4.78, 5) is 0. The molecule has 0 aromatic carbocycles. The zero-order valence-electron chi connectivity index (χ0n) is 10.7. The second-order valence-corrected chi connectivity index (χ2v) is 11.6. The SMILES string of the molecule is CCS(=O)(=O)C1CSCCN1S(=O)(=O)c1sccc1Br. The van der Waals surface area contributed by atoms with Crippen LogP contribution in [0.4, 0.5) is 0 Å². The fraction of sp³-hybridized carbons (Fsp3) is 0.600. The van der Waals surface area contributed by atoms with Crippen molar-refractivity contribution in [3.8, 4) is 0 Å². The van der Waals surface area contributed by atoms with E-state index < -0.39 is 25.2 Å². The van der Waals surface area contributed by atoms with Gasteiger partial charge in [-0.1, -0.05) is 6.92 Å². The maximum atomic E-state index is 12.7. The lowest BCUT2D eigenvalue weighted by Crippen LogP contribution is -2.50. The number of nitrogens with zero attached hydrogens (tertiary/aromatic N) is 1. The second kappa shape index (κ2) is 6.25. The van der Waals surface area contributed by atoms with Crippen molar-refractivity contribution in [1.29, 1.82) is 0 Å². The highest BCUT2D eigenvalue weighted by Gasteiger charge is 2.41. The van der Waals surface area contributed by atoms with E-state index in [0.717, 1.165) is 15.6 Å². The van der Waals surface area contributed by atoms with Gasteiger partial charge in [-0.15, -0.1) is 11.3 Å². The number of sulfonamides is 1. The van der Waals surface area contributed by atoms with Gasteiger partial charge in [-0.25, -0.2) is 16.8 Å². The summed E-state index contributed by atoms with van der Waals surface area (Å²) in [6, 6.07) is 1.65. The molecule has 2 rings (SSSR count). The van der Waals surface area contributed by atoms with Crippen LogP contribution in [0.5, 0.6) is 0 Å². The Bertz CT molecular complexity index is 682. The molecule has 0 aliphatic carbocycles. The zero-order chi connectivity index (χ0) is 15.0. The number of rotatable bonds is 4. The molecule has 0 saturated carbocycles. The van der Waals surface area contributed by atoms with Crippen molar-refractivity contribution in [2.45, 2.75) is 16.5 Å². The summed E-state index contributed by atoms with van der Waals surface area (Å²) < 4.78 is 51.4. The Morgan fingerprint density at radius 3 is 2.65 bits per heavy atom. The summed E-state index contributed by atoms with van der Waals surface area (Å²) in [6.07, 6.45) is 0. The van der Waals surface area contributed by atoms with Gasteiger partial charge in [-0.3, -0.25) is 0 Å². The van der Waals surface area contributed by atoms with Gasteiger partial charge in [0.2, 0.25) is 0 Å². The van der Waals surface area contributed by atoms with E-state index in [-0.39, 0.29) is 16.5 Å². The summed E-state index contributed by atoms with van der Waals surface area (Å²) in [7, 11) is -7.22. The lowest BCUT2D eigenvalue weighted by Gasteiger charge is -2.33. The first kappa shape index (κ1) is 16.8. The lowest BCUT2D eigenvalue weighted by atomic mass is 10.6. The fourth-order valence-corrected chi connectivity index (χ4v) is 9.56. The smallest absolute Gasteiger partial charge is 0.227 e. The van der Waals surface area contributed by atoms with E-state index in [1.165, 1.54) is 11.8 Å². The average molecular weight is 420 g/mol. The van der Waals surface area contributed by atoms with Gasteiger partial charge in [0.1, 0.15) is 9.58 Å². The Morgan fingerprint density at radius 2 is 2.10 bits per heavy atom. The molecule has 1 aromatic heterocycles. The molecule has 1 aromatic rings. The summed E-state index contributed by atoms with van der Waals surface area (Å²) in [5, 5.41) is 0.698. The highest BCUT2D eigenvalue weighted by molar-refractivity contribution is 9.10. The van der Waals surface area contributed by atoms with Crippen LogP contribution in [0, 0.1) is 0 Å². The highest BCUT2D eigenvalue weighted by Crippen LogP contribution is 2.34. The predicted molar refractivity (Wildman–Crippen MR) is 86.5 cm³/mol. The third kappa shape index (κ3) is 3.09. The molecule has 114 valence electrons. The molecule has 1 aliphatic heterocycles. The number of thiophene rings is 1. The maximum Gasteiger partial charge on any atom is 0.254 e. The zero-order valence-corrected chi connectivity index (χ0v) is 15.5. The minimum absolute atomic E-state index is 0.0597. The Labute approximate surface area is 135 Å². The van der Waals surface area contributed by atoms with E-state index in [9.17, 15) is 16.8 Å². The van der Waals surface area contributed by atoms with Gasteiger partial charge in [-0.2, -0.15) is 16.1 Å². The van der Waals surface area contributed by atoms with Gasteiger partial charge in [-0.05, 0) is 27.4 Å². The first-order chi connectivity index (χ1) is 9.30. The van der Waals surface area contributed by atoms with Crippen LogP contribution in [0.2, 0.25) is 0 Å². The third-order valence-electron chi connectivity index (χ3n) is 2.98. The summed E-state index contributed by atoms with van der Waals surface area (Å²) in [5.74, 6) is 0.839. The van der Waals surface area contributed by atoms with E-state index in [0.29, 0.717) is 16.0 Å². The normalized spacial score (nSPS) is 22.0. The van der Waals surface area contributed by atoms with Crippen LogP contribution in [0.1, 0.15) is 6.92 Å². The second-order valence-electron chi connectivity index (χ2n) is 4.15. The van der Waals surface area contributed by atoms with Crippen molar-refractivity contribution >= 4 is 58.9 Å². The van der Waals surface area contributed by atoms with Gasteiger partial charge in [0, 0.05) is 28.3 Å². The van der Waals surface area contributed by atoms with Crippen molar-refractivity contribution in [1.82, 2.24) is 4.31 Å². The molecule has 10 heteroatoms. The Balaban J connectivity index is 2.46. The topological polar surface area (TPSA) is 71.5 Å². The maximum absolute atomic E-state index is 12.7. The minimum Gasteiger partial charge on any atom is -0.227 e. The molecule has 5 nitrogen and oxygen atoms in total. The Hall–Kier alpha value is 0.390. The predicted octanol–water partition coefficient (Wildman–Crippen LogP) is 2.01. The van der Waals surface area contributed by atoms with Crippen LogP contribution in [0.3, 0.4) is 0 Å². The van der Waals surface area contributed by atoms with E-state index in [4.69, 9.17) is 0 Å². The van der Waals surface area contributed by atoms with Crippen molar-refractivity contribution in [2.75, 3.05) is 23.8 Å². The largest absolute Gasteiger partial charge is 0.254 e. The van der Waals surface area contributed by atoms with Crippen LogP contribution in [0.15, 0.2) is 20.1 Å². The molecule has 1 unspecified atom stereocenters. The van der Waals surface area contributed by atoms with Crippen molar-refractivity contribution in [2.24, 2.45) is 0 Å². The molecule has 1 aliphatic rings. The minimum atomic E-state index is -3.78. The molecule has 1 saturated heterocycles. The van der Waals surface area contributed by atoms with E-state index in [1.54, 1.807) is 18.4 Å². The van der Waals surface area contributed by atoms with E-state index >= 15 is 0 Å². The molecule has 0 N–H and O–H groups in total. The van der Waals surface area contributed by atoms with Crippen LogP contribution >= 0.6 is 39.0 Å². The van der Waals surface area contributed by atoms with E-state index in [2.05, 4.69) is 15.9 Å². The quantitative estimate of drug-likeness (QED) is 0.745. The molecule has 1 fully saturated rings. The molecule has 20 heavy (non-hydrogen) atoms. The Morgan fingerprint density at radius 1 is 1.40 bits per heavy atom. The number of thioether (sulfide) groups is 1. The van der Waals surface area contributed by atoms with Crippen LogP contribution < -0.4 is 0 Å². The van der Waals surface area contributed by atoms with Crippen LogP contribution in [-0.2, 0) is 19.9 Å². The molecule has 0 bridgehead atoms. The standard InChI is InChI=1S/C10H14BrNO4S4/c1-2-19(13,14)9-7-17-6-4-12(9)20(15,16)10-8(11)3-5-18-10/h3,5,9H,2,4,6-7H2,1H3. The molecule has 2 heterocycles. The van der Waals surface area contributed by atoms with Crippen molar-refractivity contribution < 1.29 is 16.8 Å². The van der Waals surface area contributed by atoms with Crippen LogP contribution in [0.25, 0.3) is 0 Å². The van der Waals surface area contributed by atoms with Crippen molar-refractivity contribution in [3.05, 3.63) is 15.9 Å². The molecule has 1 atom stereocenters. The number of hydrogen-bond acceptors (Lipinski definition) is 6. The summed E-state index contributed by atoms with van der Waals surface area (Å²) >= 11 is 5.77. The molecule has 0 amide bonds. The monoisotopic (exact) mass is 419 g/mol. The average Bonchev–Trinajstić information content (AvgIpc) is 2.86. The number of hydrogen-bond donors (Lipinski definition) is 0. The van der Waals surface area contributed by atoms with Gasteiger partial charge in [0.15, 0.2) is 9.84 Å². The first-order valence-corrected chi connectivity index (χ1v) is 11.8. The molecular formula is C10H14BrNO4S4. The lowest BCUT2D eigenvalue weighted by molar-refractivity contribution is 0.405. The number of sulfone groups is 1. The van der Waals surface area contributed by atoms with Crippen LogP contribution in [-0.4, -0.2) is 50.3 Å². The summed E-state index contributed by atoms with van der Waals surface area (Å²) in [6.45, 7) is 1.77.